The van der Waals surface area contributed by atoms with Gasteiger partial charge in [-0.25, -0.2) is 8.42 Å². The van der Waals surface area contributed by atoms with Gasteiger partial charge in [-0.05, 0) is 37.1 Å². The fourth-order valence-corrected chi connectivity index (χ4v) is 3.37. The first kappa shape index (κ1) is 13.4. The minimum Gasteiger partial charge on any atom is -0.397 e. The summed E-state index contributed by atoms with van der Waals surface area (Å²) in [6, 6.07) is 12.3. The molecule has 0 amide bonds. The van der Waals surface area contributed by atoms with Crippen molar-refractivity contribution in [2.45, 2.75) is 18.7 Å². The molecule has 0 heterocycles. The highest BCUT2D eigenvalue weighted by atomic mass is 32.2. The van der Waals surface area contributed by atoms with Gasteiger partial charge in [0.15, 0.2) is 0 Å². The van der Waals surface area contributed by atoms with E-state index >= 15 is 0 Å². The zero-order valence-corrected chi connectivity index (χ0v) is 11.7. The lowest BCUT2D eigenvalue weighted by molar-refractivity contribution is 0.601. The van der Waals surface area contributed by atoms with E-state index in [0.29, 0.717) is 16.9 Å². The van der Waals surface area contributed by atoms with Gasteiger partial charge in [0.25, 0.3) is 10.0 Å². The summed E-state index contributed by atoms with van der Waals surface area (Å²) in [6.45, 7) is 3.52. The summed E-state index contributed by atoms with van der Waals surface area (Å²) in [5.74, 6) is 0. The number of sulfonamides is 1. The van der Waals surface area contributed by atoms with E-state index in [9.17, 15) is 8.42 Å². The molecule has 0 radical (unpaired) electrons. The van der Waals surface area contributed by atoms with Gasteiger partial charge in [0.2, 0.25) is 0 Å². The van der Waals surface area contributed by atoms with Crippen LogP contribution in [0.4, 0.5) is 11.4 Å². The predicted molar refractivity (Wildman–Crippen MR) is 77.6 cm³/mol. The average Bonchev–Trinajstić information content (AvgIpc) is 2.35. The largest absolute Gasteiger partial charge is 0.397 e. The standard InChI is InChI=1S/C14H16N2O2S/c1-10-8-9-11(2)14(13(10)15)19(17,18)16-12-6-4-3-5-7-12/h3-9,16H,15H2,1-2H3. The summed E-state index contributed by atoms with van der Waals surface area (Å²) in [6.07, 6.45) is 0. The molecule has 0 aromatic heterocycles. The molecule has 2 aromatic rings. The second-order valence-electron chi connectivity index (χ2n) is 4.41. The van der Waals surface area contributed by atoms with Crippen molar-refractivity contribution in [3.63, 3.8) is 0 Å². The smallest absolute Gasteiger partial charge is 0.264 e. The van der Waals surface area contributed by atoms with Crippen molar-refractivity contribution < 1.29 is 8.42 Å². The number of para-hydroxylation sites is 1. The lowest BCUT2D eigenvalue weighted by Crippen LogP contribution is -2.16. The molecule has 0 bridgehead atoms. The van der Waals surface area contributed by atoms with Gasteiger partial charge in [0, 0.05) is 5.69 Å². The Hall–Kier alpha value is -2.01. The van der Waals surface area contributed by atoms with Crippen LogP contribution in [0.5, 0.6) is 0 Å². The third-order valence-electron chi connectivity index (χ3n) is 2.91. The van der Waals surface area contributed by atoms with Gasteiger partial charge in [-0.15, -0.1) is 0 Å². The second kappa shape index (κ2) is 4.93. The average molecular weight is 276 g/mol. The Morgan fingerprint density at radius 2 is 1.53 bits per heavy atom. The molecule has 5 heteroatoms. The van der Waals surface area contributed by atoms with Gasteiger partial charge in [0.05, 0.1) is 5.69 Å². The highest BCUT2D eigenvalue weighted by Crippen LogP contribution is 2.27. The Balaban J connectivity index is 2.49. The van der Waals surface area contributed by atoms with Gasteiger partial charge >= 0.3 is 0 Å². The van der Waals surface area contributed by atoms with Crippen LogP contribution in [0.3, 0.4) is 0 Å². The number of aryl methyl sites for hydroxylation is 2. The Bertz CT molecular complexity index is 695. The van der Waals surface area contributed by atoms with Crippen molar-refractivity contribution in [2.75, 3.05) is 10.5 Å². The van der Waals surface area contributed by atoms with Crippen LogP contribution < -0.4 is 10.5 Å². The maximum absolute atomic E-state index is 12.4. The van der Waals surface area contributed by atoms with Crippen molar-refractivity contribution in [1.29, 1.82) is 0 Å². The lowest BCUT2D eigenvalue weighted by atomic mass is 10.1. The van der Waals surface area contributed by atoms with E-state index in [-0.39, 0.29) is 4.90 Å². The van der Waals surface area contributed by atoms with E-state index < -0.39 is 10.0 Å². The molecule has 2 aromatic carbocycles. The van der Waals surface area contributed by atoms with E-state index in [4.69, 9.17) is 5.73 Å². The molecule has 0 saturated carbocycles. The topological polar surface area (TPSA) is 72.2 Å². The molecule has 19 heavy (non-hydrogen) atoms. The van der Waals surface area contributed by atoms with Gasteiger partial charge in [-0.3, -0.25) is 4.72 Å². The van der Waals surface area contributed by atoms with Crippen molar-refractivity contribution >= 4 is 21.4 Å². The first-order valence-electron chi connectivity index (χ1n) is 5.85. The van der Waals surface area contributed by atoms with Crippen molar-refractivity contribution in [3.8, 4) is 0 Å². The van der Waals surface area contributed by atoms with E-state index in [0.717, 1.165) is 5.56 Å². The molecular weight excluding hydrogens is 260 g/mol. The molecule has 0 aliphatic heterocycles. The van der Waals surface area contributed by atoms with Crippen molar-refractivity contribution in [1.82, 2.24) is 0 Å². The summed E-state index contributed by atoms with van der Waals surface area (Å²) >= 11 is 0. The molecule has 0 saturated heterocycles. The number of hydrogen-bond acceptors (Lipinski definition) is 3. The van der Waals surface area contributed by atoms with Crippen molar-refractivity contribution in [2.24, 2.45) is 0 Å². The highest BCUT2D eigenvalue weighted by molar-refractivity contribution is 7.93. The summed E-state index contributed by atoms with van der Waals surface area (Å²) in [7, 11) is -3.67. The fourth-order valence-electron chi connectivity index (χ4n) is 1.88. The normalized spacial score (nSPS) is 11.3. The summed E-state index contributed by atoms with van der Waals surface area (Å²) in [5.41, 5.74) is 8.10. The number of nitrogens with two attached hydrogens (primary N) is 1. The third kappa shape index (κ3) is 2.71. The Morgan fingerprint density at radius 3 is 2.16 bits per heavy atom. The summed E-state index contributed by atoms with van der Waals surface area (Å²) < 4.78 is 27.3. The molecule has 100 valence electrons. The maximum Gasteiger partial charge on any atom is 0.264 e. The molecule has 2 rings (SSSR count). The molecule has 0 spiro atoms. The Morgan fingerprint density at radius 1 is 0.947 bits per heavy atom. The van der Waals surface area contributed by atoms with Crippen LogP contribution in [0.25, 0.3) is 0 Å². The second-order valence-corrected chi connectivity index (χ2v) is 6.03. The molecule has 4 nitrogen and oxygen atoms in total. The fraction of sp³-hybridized carbons (Fsp3) is 0.143. The Labute approximate surface area is 113 Å². The van der Waals surface area contributed by atoms with Crippen LogP contribution in [0.1, 0.15) is 11.1 Å². The zero-order chi connectivity index (χ0) is 14.0. The highest BCUT2D eigenvalue weighted by Gasteiger charge is 2.21. The zero-order valence-electron chi connectivity index (χ0n) is 10.8. The van der Waals surface area contributed by atoms with Gasteiger partial charge in [-0.2, -0.15) is 0 Å². The number of nitrogen functional groups attached to an aromatic ring is 1. The van der Waals surface area contributed by atoms with Crippen LogP contribution >= 0.6 is 0 Å². The summed E-state index contributed by atoms with van der Waals surface area (Å²) in [4.78, 5) is 0.149. The van der Waals surface area contributed by atoms with Crippen LogP contribution in [0.15, 0.2) is 47.4 Å². The van der Waals surface area contributed by atoms with Gasteiger partial charge in [0.1, 0.15) is 4.90 Å². The maximum atomic E-state index is 12.4. The number of nitrogens with one attached hydrogen (secondary N) is 1. The minimum absolute atomic E-state index is 0.149. The number of benzene rings is 2. The van der Waals surface area contributed by atoms with E-state index in [2.05, 4.69) is 4.72 Å². The van der Waals surface area contributed by atoms with E-state index in [1.807, 2.05) is 12.1 Å². The first-order valence-corrected chi connectivity index (χ1v) is 7.33. The predicted octanol–water partition coefficient (Wildman–Crippen LogP) is 2.69. The Kier molecular flexibility index (Phi) is 3.48. The van der Waals surface area contributed by atoms with E-state index in [1.54, 1.807) is 44.2 Å². The first-order chi connectivity index (χ1) is 8.92. The number of rotatable bonds is 3. The monoisotopic (exact) mass is 276 g/mol. The third-order valence-corrected chi connectivity index (χ3v) is 4.49. The van der Waals surface area contributed by atoms with Crippen molar-refractivity contribution in [3.05, 3.63) is 53.6 Å². The molecule has 0 aliphatic carbocycles. The van der Waals surface area contributed by atoms with Crippen LogP contribution in [0, 0.1) is 13.8 Å². The molecular formula is C14H16N2O2S. The van der Waals surface area contributed by atoms with Gasteiger partial charge < -0.3 is 5.73 Å². The van der Waals surface area contributed by atoms with Gasteiger partial charge in [-0.1, -0.05) is 30.3 Å². The number of anilines is 2. The minimum atomic E-state index is -3.67. The van der Waals surface area contributed by atoms with Crippen LogP contribution in [0.2, 0.25) is 0 Å². The quantitative estimate of drug-likeness (QED) is 0.847. The molecule has 0 unspecified atom stereocenters. The molecule has 0 aliphatic rings. The van der Waals surface area contributed by atoms with E-state index in [1.165, 1.54) is 0 Å². The molecule has 0 fully saturated rings. The lowest BCUT2D eigenvalue weighted by Gasteiger charge is -2.14. The molecule has 3 N–H and O–H groups in total. The SMILES string of the molecule is Cc1ccc(C)c(S(=O)(=O)Nc2ccccc2)c1N. The summed E-state index contributed by atoms with van der Waals surface area (Å²) in [5, 5.41) is 0. The number of hydrogen-bond donors (Lipinski definition) is 2. The molecule has 0 atom stereocenters. The van der Waals surface area contributed by atoms with Crippen LogP contribution in [-0.4, -0.2) is 8.42 Å². The van der Waals surface area contributed by atoms with Crippen LogP contribution in [-0.2, 0) is 10.0 Å².